The number of rotatable bonds is 8. The van der Waals surface area contributed by atoms with Gasteiger partial charge in [-0.2, -0.15) is 5.10 Å². The highest BCUT2D eigenvalue weighted by Gasteiger charge is 2.25. The summed E-state index contributed by atoms with van der Waals surface area (Å²) in [6.07, 6.45) is 7.03. The molecule has 0 spiro atoms. The third kappa shape index (κ3) is 5.50. The molecule has 12 heteroatoms. The molecular formula is C29H23FN6O4S. The van der Waals surface area contributed by atoms with Crippen LogP contribution in [0.15, 0.2) is 101 Å². The van der Waals surface area contributed by atoms with E-state index in [2.05, 4.69) is 20.6 Å². The molecule has 0 fully saturated rings. The van der Waals surface area contributed by atoms with Crippen LogP contribution >= 0.6 is 0 Å². The molecule has 0 radical (unpaired) electrons. The number of amides is 1. The van der Waals surface area contributed by atoms with Crippen molar-refractivity contribution in [2.75, 3.05) is 0 Å². The highest BCUT2D eigenvalue weighted by molar-refractivity contribution is 7.90. The largest absolute Gasteiger partial charge is 0.356 e. The topological polar surface area (TPSA) is 124 Å². The maximum absolute atomic E-state index is 13.5. The second-order valence-electron chi connectivity index (χ2n) is 9.44. The average Bonchev–Trinajstić information content (AvgIpc) is 3.73. The van der Waals surface area contributed by atoms with Crippen LogP contribution in [0, 0.1) is 5.82 Å². The Kier molecular flexibility index (Phi) is 6.67. The smallest absolute Gasteiger partial charge is 0.251 e. The average molecular weight is 571 g/mol. The van der Waals surface area contributed by atoms with E-state index in [1.807, 2.05) is 28.9 Å². The number of fused-ring (bicyclic) bond motifs is 1. The quantitative estimate of drug-likeness (QED) is 0.287. The lowest BCUT2D eigenvalue weighted by Crippen LogP contribution is -2.23. The van der Waals surface area contributed by atoms with Gasteiger partial charge >= 0.3 is 0 Å². The minimum Gasteiger partial charge on any atom is -0.356 e. The first kappa shape index (κ1) is 26.1. The van der Waals surface area contributed by atoms with Gasteiger partial charge in [0.25, 0.3) is 5.91 Å². The fourth-order valence-corrected chi connectivity index (χ4v) is 5.92. The van der Waals surface area contributed by atoms with Crippen molar-refractivity contribution in [3.63, 3.8) is 0 Å². The third-order valence-corrected chi connectivity index (χ3v) is 8.22. The second kappa shape index (κ2) is 10.5. The Morgan fingerprint density at radius 1 is 1.00 bits per heavy atom. The monoisotopic (exact) mass is 570 g/mol. The maximum atomic E-state index is 13.5. The maximum Gasteiger partial charge on any atom is 0.251 e. The Labute approximate surface area is 234 Å². The van der Waals surface area contributed by atoms with Crippen LogP contribution in [0.3, 0.4) is 0 Å². The van der Waals surface area contributed by atoms with Crippen LogP contribution in [0.1, 0.15) is 21.6 Å². The molecule has 0 unspecified atom stereocenters. The number of imidazole rings is 1. The molecule has 0 aliphatic rings. The number of hydrogen-bond donors (Lipinski definition) is 1. The lowest BCUT2D eigenvalue weighted by atomic mass is 10.1. The Morgan fingerprint density at radius 3 is 2.61 bits per heavy atom. The van der Waals surface area contributed by atoms with Crippen molar-refractivity contribution in [1.29, 1.82) is 0 Å². The van der Waals surface area contributed by atoms with Crippen LogP contribution in [-0.2, 0) is 29.2 Å². The van der Waals surface area contributed by atoms with Crippen molar-refractivity contribution >= 4 is 21.4 Å². The van der Waals surface area contributed by atoms with Gasteiger partial charge in [-0.25, -0.2) is 17.8 Å². The molecule has 0 aliphatic carbocycles. The van der Waals surface area contributed by atoms with Crippen LogP contribution in [0.5, 0.6) is 0 Å². The Balaban J connectivity index is 1.34. The lowest BCUT2D eigenvalue weighted by molar-refractivity contribution is 0.0951. The number of sulfone groups is 1. The molecule has 2 aromatic carbocycles. The first-order valence-corrected chi connectivity index (χ1v) is 14.2. The number of benzene rings is 2. The fraction of sp³-hybridized carbons (Fsp3) is 0.103. The summed E-state index contributed by atoms with van der Waals surface area (Å²) in [5.41, 5.74) is 3.36. The second-order valence-corrected chi connectivity index (χ2v) is 11.4. The van der Waals surface area contributed by atoms with Gasteiger partial charge in [-0.3, -0.25) is 9.48 Å². The predicted octanol–water partition coefficient (Wildman–Crippen LogP) is 4.43. The third-order valence-electron chi connectivity index (χ3n) is 6.51. The number of pyridine rings is 1. The summed E-state index contributed by atoms with van der Waals surface area (Å²) in [6, 6.07) is 16.9. The van der Waals surface area contributed by atoms with Crippen molar-refractivity contribution in [3.05, 3.63) is 114 Å². The first-order valence-electron chi connectivity index (χ1n) is 12.5. The van der Waals surface area contributed by atoms with Crippen LogP contribution < -0.4 is 5.32 Å². The number of carbonyl (C=O) groups is 1. The normalized spacial score (nSPS) is 11.7. The molecular weight excluding hydrogens is 547 g/mol. The Bertz CT molecular complexity index is 1990. The van der Waals surface area contributed by atoms with Gasteiger partial charge in [0, 0.05) is 61.1 Å². The number of nitrogens with one attached hydrogen (secondary N) is 1. The number of aromatic nitrogens is 5. The van der Waals surface area contributed by atoms with Gasteiger partial charge in [0.1, 0.15) is 17.2 Å². The van der Waals surface area contributed by atoms with Gasteiger partial charge in [-0.05, 0) is 66.2 Å². The number of halogens is 1. The SMILES string of the molecule is Cn1ccc(CS(=O)(=O)c2ccc(C(=O)NCc3ccn4ccnc4c3)cc2-c2cc(-c3ccc(F)cc3)no2)n1. The summed E-state index contributed by atoms with van der Waals surface area (Å²) in [4.78, 5) is 17.4. The molecule has 0 saturated carbocycles. The van der Waals surface area contributed by atoms with E-state index < -0.39 is 21.6 Å². The first-order chi connectivity index (χ1) is 19.7. The van der Waals surface area contributed by atoms with Crippen molar-refractivity contribution in [3.8, 4) is 22.6 Å². The van der Waals surface area contributed by atoms with E-state index >= 15 is 0 Å². The highest BCUT2D eigenvalue weighted by atomic mass is 32.2. The molecule has 0 atom stereocenters. The summed E-state index contributed by atoms with van der Waals surface area (Å²) >= 11 is 0. The molecule has 4 heterocycles. The minimum absolute atomic E-state index is 0.0359. The number of aryl methyl sites for hydroxylation is 1. The summed E-state index contributed by atoms with van der Waals surface area (Å²) in [7, 11) is -2.20. The zero-order valence-electron chi connectivity index (χ0n) is 21.7. The zero-order chi connectivity index (χ0) is 28.6. The molecule has 1 N–H and O–H groups in total. The van der Waals surface area contributed by atoms with Gasteiger partial charge in [0.15, 0.2) is 15.6 Å². The van der Waals surface area contributed by atoms with E-state index in [4.69, 9.17) is 4.52 Å². The molecule has 4 aromatic heterocycles. The van der Waals surface area contributed by atoms with Crippen LogP contribution in [0.4, 0.5) is 4.39 Å². The summed E-state index contributed by atoms with van der Waals surface area (Å²) in [5, 5.41) is 11.1. The summed E-state index contributed by atoms with van der Waals surface area (Å²) in [6.45, 7) is 0.244. The van der Waals surface area contributed by atoms with E-state index in [9.17, 15) is 17.6 Å². The van der Waals surface area contributed by atoms with Crippen LogP contribution in [-0.4, -0.2) is 38.6 Å². The number of carbonyl (C=O) groups excluding carboxylic acids is 1. The zero-order valence-corrected chi connectivity index (χ0v) is 22.5. The van der Waals surface area contributed by atoms with Crippen LogP contribution in [0.25, 0.3) is 28.2 Å². The lowest BCUT2D eigenvalue weighted by Gasteiger charge is -2.11. The standard InChI is InChI=1S/C29H23FN6O4S/c1-35-11-9-23(33-35)18-41(38,39)27-7-4-21(29(37)32-17-19-8-12-36-13-10-31-28(36)14-19)15-24(27)26-16-25(34-40-26)20-2-5-22(30)6-3-20/h2-16H,17-18H2,1H3,(H,32,37). The molecule has 6 rings (SSSR count). The molecule has 206 valence electrons. The van der Waals surface area contributed by atoms with Crippen molar-refractivity contribution in [2.24, 2.45) is 7.05 Å². The Morgan fingerprint density at radius 2 is 1.83 bits per heavy atom. The Hall–Kier alpha value is -5.10. The predicted molar refractivity (Wildman–Crippen MR) is 148 cm³/mol. The molecule has 0 bridgehead atoms. The van der Waals surface area contributed by atoms with E-state index in [0.717, 1.165) is 11.2 Å². The van der Waals surface area contributed by atoms with E-state index in [-0.39, 0.29) is 34.1 Å². The van der Waals surface area contributed by atoms with Crippen molar-refractivity contribution < 1.29 is 22.1 Å². The summed E-state index contributed by atoms with van der Waals surface area (Å²) in [5.74, 6) is -1.00. The van der Waals surface area contributed by atoms with Crippen LogP contribution in [0.2, 0.25) is 0 Å². The minimum atomic E-state index is -3.91. The fourth-order valence-electron chi connectivity index (χ4n) is 4.45. The number of nitrogens with zero attached hydrogens (tertiary/aromatic N) is 5. The van der Waals surface area contributed by atoms with E-state index in [0.29, 0.717) is 17.0 Å². The molecule has 41 heavy (non-hydrogen) atoms. The van der Waals surface area contributed by atoms with E-state index in [1.54, 1.807) is 43.7 Å². The van der Waals surface area contributed by atoms with E-state index in [1.165, 1.54) is 35.0 Å². The van der Waals surface area contributed by atoms with Gasteiger partial charge in [0.05, 0.1) is 16.3 Å². The highest BCUT2D eigenvalue weighted by Crippen LogP contribution is 2.33. The van der Waals surface area contributed by atoms with Gasteiger partial charge in [-0.15, -0.1) is 0 Å². The van der Waals surface area contributed by atoms with Gasteiger partial charge in [0.2, 0.25) is 0 Å². The summed E-state index contributed by atoms with van der Waals surface area (Å²) < 4.78 is 49.4. The molecule has 6 aromatic rings. The number of hydrogen-bond acceptors (Lipinski definition) is 7. The molecule has 0 saturated heterocycles. The molecule has 0 aliphatic heterocycles. The van der Waals surface area contributed by atoms with Gasteiger partial charge in [-0.1, -0.05) is 5.16 Å². The molecule has 10 nitrogen and oxygen atoms in total. The molecule has 1 amide bonds. The van der Waals surface area contributed by atoms with Gasteiger partial charge < -0.3 is 14.2 Å². The van der Waals surface area contributed by atoms with Crippen molar-refractivity contribution in [1.82, 2.24) is 29.6 Å². The van der Waals surface area contributed by atoms with Crippen molar-refractivity contribution in [2.45, 2.75) is 17.2 Å².